The second-order valence-electron chi connectivity index (χ2n) is 7.62. The van der Waals surface area contributed by atoms with Gasteiger partial charge in [0.25, 0.3) is 5.91 Å². The molecule has 9 heteroatoms. The van der Waals surface area contributed by atoms with Crippen molar-refractivity contribution in [2.75, 3.05) is 26.8 Å². The summed E-state index contributed by atoms with van der Waals surface area (Å²) >= 11 is 6.07. The third-order valence-corrected chi connectivity index (χ3v) is 5.84. The monoisotopic (exact) mass is 431 g/mol. The van der Waals surface area contributed by atoms with Crippen LogP contribution in [-0.4, -0.2) is 76.5 Å². The molecule has 2 atom stereocenters. The third-order valence-electron chi connectivity index (χ3n) is 5.61. The first-order chi connectivity index (χ1) is 14.4. The van der Waals surface area contributed by atoms with Crippen LogP contribution in [0.15, 0.2) is 41.2 Å². The lowest BCUT2D eigenvalue weighted by Crippen LogP contribution is -2.63. The Hall–Kier alpha value is -2.58. The maximum absolute atomic E-state index is 13.4. The van der Waals surface area contributed by atoms with E-state index in [-0.39, 0.29) is 18.5 Å². The van der Waals surface area contributed by atoms with E-state index in [1.807, 2.05) is 37.1 Å². The fourth-order valence-corrected chi connectivity index (χ4v) is 4.32. The molecule has 1 fully saturated rings. The Morgan fingerprint density at radius 1 is 1.23 bits per heavy atom. The summed E-state index contributed by atoms with van der Waals surface area (Å²) in [5.41, 5.74) is 1.83. The quantitative estimate of drug-likeness (QED) is 0.621. The van der Waals surface area contributed by atoms with Crippen molar-refractivity contribution in [1.82, 2.24) is 19.6 Å². The Balaban J connectivity index is 1.54. The number of benzene rings is 1. The Morgan fingerprint density at radius 3 is 2.77 bits per heavy atom. The van der Waals surface area contributed by atoms with E-state index in [4.69, 9.17) is 21.3 Å². The Bertz CT molecular complexity index is 918. The molecular formula is C21H26ClN5O3. The number of amides is 3. The van der Waals surface area contributed by atoms with Gasteiger partial charge in [-0.3, -0.25) is 9.69 Å². The number of fused-ring (bicyclic) bond motifs is 3. The molecule has 3 amide bonds. The van der Waals surface area contributed by atoms with E-state index in [9.17, 15) is 9.59 Å². The van der Waals surface area contributed by atoms with E-state index in [2.05, 4.69) is 4.90 Å². The Labute approximate surface area is 181 Å². The fourth-order valence-electron chi connectivity index (χ4n) is 4.11. The average molecular weight is 432 g/mol. The van der Waals surface area contributed by atoms with Crippen LogP contribution in [0.5, 0.6) is 0 Å². The van der Waals surface area contributed by atoms with Crippen molar-refractivity contribution in [3.63, 3.8) is 0 Å². The highest BCUT2D eigenvalue weighted by molar-refractivity contribution is 6.30. The van der Waals surface area contributed by atoms with Gasteiger partial charge >= 0.3 is 6.03 Å². The zero-order valence-corrected chi connectivity index (χ0v) is 18.2. The zero-order valence-electron chi connectivity index (χ0n) is 17.4. The van der Waals surface area contributed by atoms with Crippen molar-refractivity contribution in [2.24, 2.45) is 4.99 Å². The fraction of sp³-hybridized carbons (Fsp3) is 0.476. The normalized spacial score (nSPS) is 23.1. The minimum absolute atomic E-state index is 0.176. The summed E-state index contributed by atoms with van der Waals surface area (Å²) in [7, 11) is 1.69. The van der Waals surface area contributed by atoms with Crippen LogP contribution in [0.4, 0.5) is 4.79 Å². The van der Waals surface area contributed by atoms with Crippen LogP contribution in [-0.2, 0) is 16.1 Å². The van der Waals surface area contributed by atoms with E-state index >= 15 is 0 Å². The van der Waals surface area contributed by atoms with Crippen molar-refractivity contribution in [2.45, 2.75) is 39.0 Å². The molecular weight excluding hydrogens is 406 g/mol. The SMILES string of the molecule is CCOCCCN1C(C)=CN2C1=NC1C2C(=O)N(Cc2cccc(Cl)c2)C(=O)N1C. The molecule has 0 N–H and O–H groups in total. The van der Waals surface area contributed by atoms with E-state index in [0.29, 0.717) is 18.2 Å². The zero-order chi connectivity index (χ0) is 21.4. The smallest absolute Gasteiger partial charge is 0.328 e. The topological polar surface area (TPSA) is 68.7 Å². The molecule has 30 heavy (non-hydrogen) atoms. The standard InChI is InChI=1S/C21H26ClN5O3/c1-4-30-10-6-9-25-14(2)12-26-17-18(23-20(25)26)24(3)21(29)27(19(17)28)13-15-7-5-8-16(22)11-15/h5,7-8,11-12,17-18H,4,6,9-10,13H2,1-3H3. The number of ether oxygens (including phenoxy) is 1. The number of aliphatic imine (C=N–C) groups is 1. The van der Waals surface area contributed by atoms with Crippen molar-refractivity contribution >= 4 is 29.5 Å². The highest BCUT2D eigenvalue weighted by Crippen LogP contribution is 2.34. The van der Waals surface area contributed by atoms with E-state index in [0.717, 1.165) is 30.2 Å². The molecule has 1 aromatic rings. The lowest BCUT2D eigenvalue weighted by Gasteiger charge is -2.40. The molecule has 0 radical (unpaired) electrons. The van der Waals surface area contributed by atoms with Crippen LogP contribution in [0.2, 0.25) is 5.02 Å². The van der Waals surface area contributed by atoms with Gasteiger partial charge in [0.05, 0.1) is 6.54 Å². The van der Waals surface area contributed by atoms with Crippen molar-refractivity contribution in [1.29, 1.82) is 0 Å². The summed E-state index contributed by atoms with van der Waals surface area (Å²) < 4.78 is 5.44. The molecule has 8 nitrogen and oxygen atoms in total. The molecule has 3 heterocycles. The number of nitrogens with zero attached hydrogens (tertiary/aromatic N) is 5. The molecule has 4 rings (SSSR count). The predicted octanol–water partition coefficient (Wildman–Crippen LogP) is 2.70. The first kappa shape index (κ1) is 20.7. The van der Waals surface area contributed by atoms with Gasteiger partial charge in [-0.2, -0.15) is 0 Å². The number of carbonyl (C=O) groups is 2. The molecule has 1 aromatic carbocycles. The predicted molar refractivity (Wildman–Crippen MR) is 114 cm³/mol. The highest BCUT2D eigenvalue weighted by Gasteiger charge is 2.54. The van der Waals surface area contributed by atoms with Crippen LogP contribution in [0.25, 0.3) is 0 Å². The number of rotatable bonds is 7. The van der Waals surface area contributed by atoms with Crippen LogP contribution in [0.1, 0.15) is 25.8 Å². The van der Waals surface area contributed by atoms with Crippen LogP contribution >= 0.6 is 11.6 Å². The van der Waals surface area contributed by atoms with E-state index in [1.54, 1.807) is 24.1 Å². The summed E-state index contributed by atoms with van der Waals surface area (Å²) in [6, 6.07) is 6.29. The number of hydrogen-bond acceptors (Lipinski definition) is 6. The lowest BCUT2D eigenvalue weighted by atomic mass is 10.1. The van der Waals surface area contributed by atoms with Gasteiger partial charge in [0.1, 0.15) is 0 Å². The molecule has 0 bridgehead atoms. The van der Waals surface area contributed by atoms with Gasteiger partial charge in [-0.1, -0.05) is 23.7 Å². The van der Waals surface area contributed by atoms with Gasteiger partial charge in [-0.25, -0.2) is 9.79 Å². The summed E-state index contributed by atoms with van der Waals surface area (Å²) in [6.07, 6.45) is 2.27. The molecule has 0 spiro atoms. The van der Waals surface area contributed by atoms with Gasteiger partial charge in [0.15, 0.2) is 12.2 Å². The van der Waals surface area contributed by atoms with Crippen LogP contribution < -0.4 is 0 Å². The lowest BCUT2D eigenvalue weighted by molar-refractivity contribution is -0.137. The molecule has 3 aliphatic heterocycles. The Kier molecular flexibility index (Phi) is 5.71. The summed E-state index contributed by atoms with van der Waals surface area (Å²) in [4.78, 5) is 37.9. The maximum atomic E-state index is 13.4. The molecule has 0 aliphatic carbocycles. The second-order valence-corrected chi connectivity index (χ2v) is 8.05. The first-order valence-electron chi connectivity index (χ1n) is 10.1. The molecule has 3 aliphatic rings. The maximum Gasteiger partial charge on any atom is 0.328 e. The molecule has 0 aromatic heterocycles. The van der Waals surface area contributed by atoms with Crippen molar-refractivity contribution < 1.29 is 14.3 Å². The van der Waals surface area contributed by atoms with Crippen molar-refractivity contribution in [3.05, 3.63) is 46.7 Å². The third kappa shape index (κ3) is 3.54. The number of guanidine groups is 1. The number of imide groups is 1. The van der Waals surface area contributed by atoms with E-state index < -0.39 is 12.2 Å². The molecule has 1 saturated heterocycles. The van der Waals surface area contributed by atoms with E-state index in [1.165, 1.54) is 4.90 Å². The number of allylic oxidation sites excluding steroid dienone is 1. The number of hydrogen-bond donors (Lipinski definition) is 0. The largest absolute Gasteiger partial charge is 0.382 e. The second kappa shape index (κ2) is 8.28. The summed E-state index contributed by atoms with van der Waals surface area (Å²) in [5.74, 6) is 0.471. The van der Waals surface area contributed by atoms with Gasteiger partial charge in [-0.05, 0) is 38.0 Å². The van der Waals surface area contributed by atoms with Crippen LogP contribution in [0, 0.1) is 0 Å². The number of carbonyl (C=O) groups excluding carboxylic acids is 2. The minimum Gasteiger partial charge on any atom is -0.382 e. The molecule has 2 unspecified atom stereocenters. The van der Waals surface area contributed by atoms with Gasteiger partial charge in [0.2, 0.25) is 5.96 Å². The average Bonchev–Trinajstić information content (AvgIpc) is 3.22. The summed E-state index contributed by atoms with van der Waals surface area (Å²) in [6.45, 7) is 6.26. The van der Waals surface area contributed by atoms with Gasteiger partial charge < -0.3 is 19.4 Å². The molecule has 0 saturated carbocycles. The van der Waals surface area contributed by atoms with Gasteiger partial charge in [0, 0.05) is 43.7 Å². The first-order valence-corrected chi connectivity index (χ1v) is 10.5. The molecule has 160 valence electrons. The minimum atomic E-state index is -0.561. The Morgan fingerprint density at radius 2 is 2.03 bits per heavy atom. The number of urea groups is 1. The highest BCUT2D eigenvalue weighted by atomic mass is 35.5. The summed E-state index contributed by atoms with van der Waals surface area (Å²) in [5, 5.41) is 0.572. The number of halogens is 1. The number of likely N-dealkylation sites (N-methyl/N-ethyl adjacent to an activating group) is 1. The van der Waals surface area contributed by atoms with Crippen LogP contribution in [0.3, 0.4) is 0 Å². The van der Waals surface area contributed by atoms with Gasteiger partial charge in [-0.15, -0.1) is 0 Å². The van der Waals surface area contributed by atoms with Crippen molar-refractivity contribution in [3.8, 4) is 0 Å².